The first-order valence-corrected chi connectivity index (χ1v) is 7.55. The summed E-state index contributed by atoms with van der Waals surface area (Å²) in [6, 6.07) is 12.5. The van der Waals surface area contributed by atoms with Gasteiger partial charge in [-0.2, -0.15) is 0 Å². The quantitative estimate of drug-likeness (QED) is 0.734. The molecule has 1 aromatic carbocycles. The highest BCUT2D eigenvalue weighted by atomic mass is 16.3. The molecule has 0 radical (unpaired) electrons. The lowest BCUT2D eigenvalue weighted by molar-refractivity contribution is -0.115. The summed E-state index contributed by atoms with van der Waals surface area (Å²) in [6.07, 6.45) is 3.14. The zero-order valence-corrected chi connectivity index (χ0v) is 13.0. The molecule has 122 valence electrons. The predicted octanol–water partition coefficient (Wildman–Crippen LogP) is 2.54. The third-order valence-corrected chi connectivity index (χ3v) is 3.25. The van der Waals surface area contributed by atoms with Crippen LogP contribution in [0.1, 0.15) is 19.1 Å². The van der Waals surface area contributed by atoms with Crippen molar-refractivity contribution < 1.29 is 14.0 Å². The van der Waals surface area contributed by atoms with E-state index in [0.29, 0.717) is 5.69 Å². The van der Waals surface area contributed by atoms with Gasteiger partial charge in [-0.25, -0.2) is 4.79 Å². The van der Waals surface area contributed by atoms with Gasteiger partial charge in [-0.05, 0) is 37.6 Å². The van der Waals surface area contributed by atoms with Crippen molar-refractivity contribution in [2.45, 2.75) is 25.8 Å². The maximum Gasteiger partial charge on any atom is 0.315 e. The number of urea groups is 1. The summed E-state index contributed by atoms with van der Waals surface area (Å²) in [5.74, 6) is 0.621. The normalized spacial score (nSPS) is 11.5. The van der Waals surface area contributed by atoms with Crippen molar-refractivity contribution in [3.63, 3.8) is 0 Å². The fourth-order valence-corrected chi connectivity index (χ4v) is 2.05. The van der Waals surface area contributed by atoms with Gasteiger partial charge >= 0.3 is 6.03 Å². The molecule has 0 fully saturated rings. The minimum absolute atomic E-state index is 0.0164. The van der Waals surface area contributed by atoms with Gasteiger partial charge in [0.1, 0.15) is 5.76 Å². The van der Waals surface area contributed by atoms with Crippen molar-refractivity contribution in [3.05, 3.63) is 54.5 Å². The van der Waals surface area contributed by atoms with Crippen LogP contribution in [0.2, 0.25) is 0 Å². The molecule has 0 aliphatic carbocycles. The van der Waals surface area contributed by atoms with Crippen LogP contribution in [0.3, 0.4) is 0 Å². The molecule has 3 N–H and O–H groups in total. The number of hydrogen-bond acceptors (Lipinski definition) is 3. The monoisotopic (exact) mass is 315 g/mol. The van der Waals surface area contributed by atoms with Gasteiger partial charge in [0.2, 0.25) is 5.91 Å². The molecule has 1 atom stereocenters. The number of nitrogens with one attached hydrogen (secondary N) is 3. The van der Waals surface area contributed by atoms with Crippen LogP contribution < -0.4 is 16.0 Å². The van der Waals surface area contributed by atoms with E-state index in [0.717, 1.165) is 18.6 Å². The first-order valence-electron chi connectivity index (χ1n) is 7.55. The van der Waals surface area contributed by atoms with E-state index in [1.165, 1.54) is 0 Å². The highest BCUT2D eigenvalue weighted by molar-refractivity contribution is 5.94. The smallest absolute Gasteiger partial charge is 0.315 e. The third kappa shape index (κ3) is 6.25. The van der Waals surface area contributed by atoms with Crippen LogP contribution in [-0.2, 0) is 11.2 Å². The van der Waals surface area contributed by atoms with E-state index in [2.05, 4.69) is 16.0 Å². The maximum atomic E-state index is 11.7. The van der Waals surface area contributed by atoms with Gasteiger partial charge in [0.25, 0.3) is 0 Å². The molecule has 2 aromatic rings. The van der Waals surface area contributed by atoms with Crippen molar-refractivity contribution in [2.75, 3.05) is 11.9 Å². The van der Waals surface area contributed by atoms with Crippen molar-refractivity contribution in [1.82, 2.24) is 10.6 Å². The van der Waals surface area contributed by atoms with Crippen molar-refractivity contribution >= 4 is 17.6 Å². The van der Waals surface area contributed by atoms with Gasteiger partial charge in [0.05, 0.1) is 12.8 Å². The van der Waals surface area contributed by atoms with E-state index in [4.69, 9.17) is 4.42 Å². The molecule has 0 aliphatic rings. The first-order chi connectivity index (χ1) is 11.1. The van der Waals surface area contributed by atoms with Gasteiger partial charge in [0, 0.05) is 18.2 Å². The van der Waals surface area contributed by atoms with Crippen LogP contribution >= 0.6 is 0 Å². The summed E-state index contributed by atoms with van der Waals surface area (Å²) in [7, 11) is 0. The molecule has 6 heteroatoms. The van der Waals surface area contributed by atoms with E-state index < -0.39 is 0 Å². The Bertz CT molecular complexity index is 611. The van der Waals surface area contributed by atoms with E-state index >= 15 is 0 Å². The number of aryl methyl sites for hydroxylation is 1. The number of carbonyl (C=O) groups excluding carboxylic acids is 2. The summed E-state index contributed by atoms with van der Waals surface area (Å²) in [4.78, 5) is 23.5. The standard InChI is InChI=1S/C17H21N3O3/c1-13(9-10-15-8-5-11-23-15)19-17(22)18-12-16(21)20-14-6-3-2-4-7-14/h2-8,11,13H,9-10,12H2,1H3,(H,20,21)(H2,18,19,22). The molecule has 3 amide bonds. The number of para-hydroxylation sites is 1. The highest BCUT2D eigenvalue weighted by Crippen LogP contribution is 2.06. The summed E-state index contributed by atoms with van der Waals surface area (Å²) in [6.45, 7) is 1.83. The average molecular weight is 315 g/mol. The average Bonchev–Trinajstić information content (AvgIpc) is 3.05. The lowest BCUT2D eigenvalue weighted by Crippen LogP contribution is -2.43. The largest absolute Gasteiger partial charge is 0.469 e. The van der Waals surface area contributed by atoms with Crippen molar-refractivity contribution in [1.29, 1.82) is 0 Å². The molecule has 6 nitrogen and oxygen atoms in total. The Morgan fingerprint density at radius 1 is 1.13 bits per heavy atom. The lowest BCUT2D eigenvalue weighted by Gasteiger charge is -2.14. The number of anilines is 1. The van der Waals surface area contributed by atoms with Crippen LogP contribution in [-0.4, -0.2) is 24.5 Å². The highest BCUT2D eigenvalue weighted by Gasteiger charge is 2.09. The fraction of sp³-hybridized carbons (Fsp3) is 0.294. The summed E-state index contributed by atoms with van der Waals surface area (Å²) < 4.78 is 5.24. The molecule has 0 saturated carbocycles. The van der Waals surface area contributed by atoms with Gasteiger partial charge < -0.3 is 20.4 Å². The summed E-state index contributed by atoms with van der Waals surface area (Å²) in [5, 5.41) is 8.03. The molecule has 0 bridgehead atoms. The maximum absolute atomic E-state index is 11.7. The number of rotatable bonds is 7. The van der Waals surface area contributed by atoms with Crippen molar-refractivity contribution in [2.24, 2.45) is 0 Å². The molecule has 0 spiro atoms. The summed E-state index contributed by atoms with van der Waals surface area (Å²) >= 11 is 0. The van der Waals surface area contributed by atoms with E-state index in [1.54, 1.807) is 18.4 Å². The van der Waals surface area contributed by atoms with Crippen LogP contribution in [0.15, 0.2) is 53.1 Å². The Kier molecular flexibility index (Phi) is 6.23. The summed E-state index contributed by atoms with van der Waals surface area (Å²) in [5.41, 5.74) is 0.700. The molecule has 0 saturated heterocycles. The third-order valence-electron chi connectivity index (χ3n) is 3.25. The number of furan rings is 1. The number of carbonyl (C=O) groups is 2. The Morgan fingerprint density at radius 2 is 1.91 bits per heavy atom. The van der Waals surface area contributed by atoms with Gasteiger partial charge in [-0.15, -0.1) is 0 Å². The van der Waals surface area contributed by atoms with Gasteiger partial charge in [0.15, 0.2) is 0 Å². The fourth-order valence-electron chi connectivity index (χ4n) is 2.05. The Morgan fingerprint density at radius 3 is 2.61 bits per heavy atom. The Hall–Kier alpha value is -2.76. The first kappa shape index (κ1) is 16.6. The molecule has 1 unspecified atom stereocenters. The topological polar surface area (TPSA) is 83.4 Å². The number of amides is 3. The molecule has 0 aliphatic heterocycles. The molecule has 2 rings (SSSR count). The van der Waals surface area contributed by atoms with Crippen molar-refractivity contribution in [3.8, 4) is 0 Å². The predicted molar refractivity (Wildman–Crippen MR) is 88.1 cm³/mol. The van der Waals surface area contributed by atoms with Gasteiger partial charge in [-0.3, -0.25) is 4.79 Å². The Labute approximate surface area is 135 Å². The van der Waals surface area contributed by atoms with Crippen LogP contribution in [0.25, 0.3) is 0 Å². The molecular formula is C17H21N3O3. The SMILES string of the molecule is CC(CCc1ccco1)NC(=O)NCC(=O)Nc1ccccc1. The van der Waals surface area contributed by atoms with Crippen LogP contribution in [0.4, 0.5) is 10.5 Å². The molecular weight excluding hydrogens is 294 g/mol. The van der Waals surface area contributed by atoms with Crippen LogP contribution in [0, 0.1) is 0 Å². The van der Waals surface area contributed by atoms with E-state index in [9.17, 15) is 9.59 Å². The lowest BCUT2D eigenvalue weighted by atomic mass is 10.1. The molecule has 23 heavy (non-hydrogen) atoms. The molecule has 1 aromatic heterocycles. The number of benzene rings is 1. The number of hydrogen-bond donors (Lipinski definition) is 3. The minimum atomic E-state index is -0.361. The minimum Gasteiger partial charge on any atom is -0.469 e. The van der Waals surface area contributed by atoms with Crippen LogP contribution in [0.5, 0.6) is 0 Å². The van der Waals surface area contributed by atoms with Gasteiger partial charge in [-0.1, -0.05) is 18.2 Å². The zero-order valence-electron chi connectivity index (χ0n) is 13.0. The second-order valence-electron chi connectivity index (χ2n) is 5.26. The molecule has 1 heterocycles. The second kappa shape index (κ2) is 8.63. The zero-order chi connectivity index (χ0) is 16.5. The van der Waals surface area contributed by atoms with E-state index in [1.807, 2.05) is 37.3 Å². The Balaban J connectivity index is 1.63. The second-order valence-corrected chi connectivity index (χ2v) is 5.26. The van der Waals surface area contributed by atoms with E-state index in [-0.39, 0.29) is 24.5 Å².